The van der Waals surface area contributed by atoms with E-state index in [1.165, 1.54) is 31.2 Å². The molecule has 0 bridgehead atoms. The summed E-state index contributed by atoms with van der Waals surface area (Å²) in [7, 11) is 4.03. The molecule has 0 saturated heterocycles. The van der Waals surface area contributed by atoms with Gasteiger partial charge in [0.25, 0.3) is 0 Å². The summed E-state index contributed by atoms with van der Waals surface area (Å²) in [5.41, 5.74) is 1.27. The zero-order chi connectivity index (χ0) is 12.1. The smallest absolute Gasteiger partial charge is 0.127 e. The Morgan fingerprint density at radius 2 is 2.06 bits per heavy atom. The zero-order valence-electron chi connectivity index (χ0n) is 10.9. The van der Waals surface area contributed by atoms with E-state index in [2.05, 4.69) is 22.4 Å². The molecule has 1 aliphatic carbocycles. The van der Waals surface area contributed by atoms with Gasteiger partial charge in [0.15, 0.2) is 0 Å². The fraction of sp³-hybridized carbons (Fsp3) is 0.643. The molecule has 1 fully saturated rings. The molecule has 3 heteroatoms. The van der Waals surface area contributed by atoms with E-state index in [0.717, 1.165) is 24.8 Å². The van der Waals surface area contributed by atoms with Crippen LogP contribution >= 0.6 is 0 Å². The normalized spacial score (nSPS) is 16.4. The van der Waals surface area contributed by atoms with Crippen molar-refractivity contribution in [2.75, 3.05) is 25.5 Å². The van der Waals surface area contributed by atoms with Crippen LogP contribution in [0.25, 0.3) is 0 Å². The topological polar surface area (TPSA) is 28.2 Å². The quantitative estimate of drug-likeness (QED) is 0.846. The highest BCUT2D eigenvalue weighted by atomic mass is 15.1. The van der Waals surface area contributed by atoms with E-state index in [9.17, 15) is 0 Å². The van der Waals surface area contributed by atoms with Crippen LogP contribution in [0.2, 0.25) is 0 Å². The van der Waals surface area contributed by atoms with Crippen LogP contribution in [-0.4, -0.2) is 25.6 Å². The summed E-state index contributed by atoms with van der Waals surface area (Å²) in [6, 6.07) is 4.23. The second-order valence-corrected chi connectivity index (χ2v) is 5.20. The van der Waals surface area contributed by atoms with Crippen molar-refractivity contribution in [3.05, 3.63) is 23.9 Å². The summed E-state index contributed by atoms with van der Waals surface area (Å²) in [4.78, 5) is 6.44. The van der Waals surface area contributed by atoms with E-state index in [0.29, 0.717) is 0 Å². The van der Waals surface area contributed by atoms with Crippen molar-refractivity contribution in [3.8, 4) is 0 Å². The highest BCUT2D eigenvalue weighted by Gasteiger charge is 2.13. The first-order chi connectivity index (χ1) is 8.25. The molecule has 0 aromatic carbocycles. The van der Waals surface area contributed by atoms with Gasteiger partial charge in [-0.2, -0.15) is 0 Å². The zero-order valence-corrected chi connectivity index (χ0v) is 10.9. The van der Waals surface area contributed by atoms with Gasteiger partial charge in [-0.25, -0.2) is 4.98 Å². The first-order valence-electron chi connectivity index (χ1n) is 6.58. The molecule has 1 heterocycles. The fourth-order valence-corrected chi connectivity index (χ4v) is 2.42. The first kappa shape index (κ1) is 12.4. The molecule has 0 aliphatic heterocycles. The second kappa shape index (κ2) is 6.01. The van der Waals surface area contributed by atoms with E-state index in [1.807, 2.05) is 25.2 Å². The molecule has 1 aromatic rings. The maximum atomic E-state index is 4.41. The van der Waals surface area contributed by atoms with E-state index < -0.39 is 0 Å². The molecule has 0 atom stereocenters. The summed E-state index contributed by atoms with van der Waals surface area (Å²) in [6.07, 6.45) is 7.63. The van der Waals surface area contributed by atoms with Crippen LogP contribution in [0.5, 0.6) is 0 Å². The lowest BCUT2D eigenvalue weighted by Crippen LogP contribution is -2.21. The van der Waals surface area contributed by atoms with Crippen LogP contribution in [0.3, 0.4) is 0 Å². The summed E-state index contributed by atoms with van der Waals surface area (Å²) in [6.45, 7) is 2.10. The number of anilines is 1. The van der Waals surface area contributed by atoms with E-state index in [4.69, 9.17) is 0 Å². The number of hydrogen-bond donors (Lipinski definition) is 1. The maximum Gasteiger partial charge on any atom is 0.127 e. The molecule has 1 saturated carbocycles. The molecular formula is C14H23N3. The molecule has 0 amide bonds. The van der Waals surface area contributed by atoms with Gasteiger partial charge < -0.3 is 10.2 Å². The van der Waals surface area contributed by atoms with Crippen molar-refractivity contribution in [2.24, 2.45) is 5.92 Å². The largest absolute Gasteiger partial charge is 0.363 e. The Morgan fingerprint density at radius 1 is 1.29 bits per heavy atom. The number of nitrogens with one attached hydrogen (secondary N) is 1. The SMILES string of the molecule is CN(C)c1ccc(CNCC2CCCC2)cn1. The summed E-state index contributed by atoms with van der Waals surface area (Å²) < 4.78 is 0. The molecule has 0 spiro atoms. The number of nitrogens with zero attached hydrogens (tertiary/aromatic N) is 2. The van der Waals surface area contributed by atoms with Crippen LogP contribution in [-0.2, 0) is 6.54 Å². The van der Waals surface area contributed by atoms with Gasteiger partial charge in [0, 0.05) is 26.8 Å². The van der Waals surface area contributed by atoms with Gasteiger partial charge >= 0.3 is 0 Å². The Hall–Kier alpha value is -1.09. The van der Waals surface area contributed by atoms with Crippen LogP contribution in [0, 0.1) is 5.92 Å². The first-order valence-corrected chi connectivity index (χ1v) is 6.58. The van der Waals surface area contributed by atoms with E-state index >= 15 is 0 Å². The van der Waals surface area contributed by atoms with Gasteiger partial charge in [0.1, 0.15) is 5.82 Å². The predicted octanol–water partition coefficient (Wildman–Crippen LogP) is 2.43. The number of aromatic nitrogens is 1. The Labute approximate surface area is 104 Å². The molecule has 0 radical (unpaired) electrons. The van der Waals surface area contributed by atoms with Gasteiger partial charge in [-0.15, -0.1) is 0 Å². The third kappa shape index (κ3) is 3.70. The molecule has 1 aliphatic rings. The number of hydrogen-bond acceptors (Lipinski definition) is 3. The van der Waals surface area contributed by atoms with Gasteiger partial charge in [-0.1, -0.05) is 18.9 Å². The fourth-order valence-electron chi connectivity index (χ4n) is 2.42. The highest BCUT2D eigenvalue weighted by Crippen LogP contribution is 2.23. The van der Waals surface area contributed by atoms with E-state index in [-0.39, 0.29) is 0 Å². The average Bonchev–Trinajstić information content (AvgIpc) is 2.83. The highest BCUT2D eigenvalue weighted by molar-refractivity contribution is 5.37. The minimum Gasteiger partial charge on any atom is -0.363 e. The number of pyridine rings is 1. The Morgan fingerprint density at radius 3 is 2.65 bits per heavy atom. The van der Waals surface area contributed by atoms with Crippen molar-refractivity contribution in [1.29, 1.82) is 0 Å². The Bertz CT molecular complexity index is 326. The molecule has 1 aromatic heterocycles. The molecule has 0 unspecified atom stereocenters. The van der Waals surface area contributed by atoms with Crippen LogP contribution in [0.15, 0.2) is 18.3 Å². The molecule has 2 rings (SSSR count). The van der Waals surface area contributed by atoms with Crippen molar-refractivity contribution in [2.45, 2.75) is 32.2 Å². The molecule has 1 N–H and O–H groups in total. The lowest BCUT2D eigenvalue weighted by Gasteiger charge is -2.12. The third-order valence-corrected chi connectivity index (χ3v) is 3.50. The average molecular weight is 233 g/mol. The Kier molecular flexibility index (Phi) is 4.37. The standard InChI is InChI=1S/C14H23N3/c1-17(2)14-8-7-13(11-16-14)10-15-9-12-5-3-4-6-12/h7-8,11-12,15H,3-6,9-10H2,1-2H3. The third-order valence-electron chi connectivity index (χ3n) is 3.50. The second-order valence-electron chi connectivity index (χ2n) is 5.20. The molecular weight excluding hydrogens is 210 g/mol. The van der Waals surface area contributed by atoms with Gasteiger partial charge in [-0.05, 0) is 36.9 Å². The summed E-state index contributed by atoms with van der Waals surface area (Å²) in [5, 5.41) is 3.54. The van der Waals surface area contributed by atoms with Crippen LogP contribution in [0.1, 0.15) is 31.2 Å². The number of rotatable bonds is 5. The Balaban J connectivity index is 1.74. The van der Waals surface area contributed by atoms with Gasteiger partial charge in [0.05, 0.1) is 0 Å². The monoisotopic (exact) mass is 233 g/mol. The summed E-state index contributed by atoms with van der Waals surface area (Å²) in [5.74, 6) is 1.92. The van der Waals surface area contributed by atoms with Crippen molar-refractivity contribution >= 4 is 5.82 Å². The van der Waals surface area contributed by atoms with Crippen molar-refractivity contribution < 1.29 is 0 Å². The van der Waals surface area contributed by atoms with Crippen LogP contribution < -0.4 is 10.2 Å². The van der Waals surface area contributed by atoms with Crippen molar-refractivity contribution in [3.63, 3.8) is 0 Å². The lowest BCUT2D eigenvalue weighted by molar-refractivity contribution is 0.489. The predicted molar refractivity (Wildman–Crippen MR) is 72.2 cm³/mol. The van der Waals surface area contributed by atoms with Crippen molar-refractivity contribution in [1.82, 2.24) is 10.3 Å². The minimum absolute atomic E-state index is 0.906. The van der Waals surface area contributed by atoms with Crippen LogP contribution in [0.4, 0.5) is 5.82 Å². The van der Waals surface area contributed by atoms with Gasteiger partial charge in [0.2, 0.25) is 0 Å². The molecule has 17 heavy (non-hydrogen) atoms. The minimum atomic E-state index is 0.906. The lowest BCUT2D eigenvalue weighted by atomic mass is 10.1. The molecule has 3 nitrogen and oxygen atoms in total. The maximum absolute atomic E-state index is 4.41. The summed E-state index contributed by atoms with van der Waals surface area (Å²) >= 11 is 0. The molecule has 94 valence electrons. The van der Waals surface area contributed by atoms with E-state index in [1.54, 1.807) is 0 Å². The van der Waals surface area contributed by atoms with Gasteiger partial charge in [-0.3, -0.25) is 0 Å².